The van der Waals surface area contributed by atoms with Gasteiger partial charge in [-0.2, -0.15) is 5.10 Å². The lowest BCUT2D eigenvalue weighted by molar-refractivity contribution is 0.0945. The van der Waals surface area contributed by atoms with Crippen molar-refractivity contribution in [3.63, 3.8) is 0 Å². The summed E-state index contributed by atoms with van der Waals surface area (Å²) in [6.07, 6.45) is 9.86. The number of aromatic amines is 1. The molecule has 8 heteroatoms. The zero-order valence-electron chi connectivity index (χ0n) is 19.4. The van der Waals surface area contributed by atoms with Gasteiger partial charge >= 0.3 is 0 Å². The van der Waals surface area contributed by atoms with Crippen LogP contribution in [0.2, 0.25) is 0 Å². The number of nitrogens with zero attached hydrogens (tertiary/aromatic N) is 4. The third-order valence-corrected chi connectivity index (χ3v) is 7.18. The second kappa shape index (κ2) is 9.10. The van der Waals surface area contributed by atoms with E-state index in [1.807, 2.05) is 6.07 Å². The Morgan fingerprint density at radius 2 is 1.97 bits per heavy atom. The standard InChI is InChI=1S/C26H31N7O/c34-26(23-17-33-24(8-9-29-33)25(31-23)32-10-1-2-11-32)28-15-19-6-7-20-13-21(30-22(20)12-19)16-27-14-18-4-3-5-18/h6-9,12-13,17-18,27,30H,1-5,10-11,14-16H2,(H,28,34). The molecule has 2 fully saturated rings. The summed E-state index contributed by atoms with van der Waals surface area (Å²) >= 11 is 0. The number of nitrogens with one attached hydrogen (secondary N) is 3. The van der Waals surface area contributed by atoms with Crippen molar-refractivity contribution < 1.29 is 4.79 Å². The first-order valence-electron chi connectivity index (χ1n) is 12.4. The van der Waals surface area contributed by atoms with Gasteiger partial charge in [-0.05, 0) is 67.3 Å². The largest absolute Gasteiger partial charge is 0.357 e. The normalized spacial score (nSPS) is 16.4. The summed E-state index contributed by atoms with van der Waals surface area (Å²) in [5.74, 6) is 1.51. The highest BCUT2D eigenvalue weighted by Gasteiger charge is 2.20. The number of H-pyrrole nitrogens is 1. The van der Waals surface area contributed by atoms with Gasteiger partial charge in [-0.25, -0.2) is 9.50 Å². The lowest BCUT2D eigenvalue weighted by Crippen LogP contribution is -2.27. The molecule has 4 aromatic rings. The Labute approximate surface area is 198 Å². The number of hydrogen-bond donors (Lipinski definition) is 3. The van der Waals surface area contributed by atoms with Gasteiger partial charge in [-0.1, -0.05) is 18.6 Å². The van der Waals surface area contributed by atoms with Crippen molar-refractivity contribution in [2.75, 3.05) is 24.5 Å². The Balaban J connectivity index is 1.12. The molecule has 0 radical (unpaired) electrons. The molecule has 1 aliphatic carbocycles. The van der Waals surface area contributed by atoms with Crippen LogP contribution in [0.25, 0.3) is 16.4 Å². The summed E-state index contributed by atoms with van der Waals surface area (Å²) in [4.78, 5) is 23.4. The van der Waals surface area contributed by atoms with Crippen molar-refractivity contribution in [1.29, 1.82) is 0 Å². The minimum absolute atomic E-state index is 0.190. The monoisotopic (exact) mass is 457 g/mol. The Morgan fingerprint density at radius 1 is 1.09 bits per heavy atom. The highest BCUT2D eigenvalue weighted by atomic mass is 16.1. The van der Waals surface area contributed by atoms with E-state index >= 15 is 0 Å². The first kappa shape index (κ1) is 21.2. The highest BCUT2D eigenvalue weighted by Crippen LogP contribution is 2.26. The number of anilines is 1. The summed E-state index contributed by atoms with van der Waals surface area (Å²) in [5.41, 5.74) is 4.67. The SMILES string of the molecule is O=C(NCc1ccc2cc(CNCC3CCC3)[nH]c2c1)c1cn2nccc2c(N2CCCC2)n1. The van der Waals surface area contributed by atoms with Gasteiger partial charge in [0.25, 0.3) is 5.91 Å². The lowest BCUT2D eigenvalue weighted by atomic mass is 9.85. The molecular weight excluding hydrogens is 426 g/mol. The molecule has 0 unspecified atom stereocenters. The molecule has 1 saturated carbocycles. The summed E-state index contributed by atoms with van der Waals surface area (Å²) in [6.45, 7) is 4.34. The molecule has 34 heavy (non-hydrogen) atoms. The predicted molar refractivity (Wildman–Crippen MR) is 133 cm³/mol. The molecule has 8 nitrogen and oxygen atoms in total. The maximum Gasteiger partial charge on any atom is 0.271 e. The van der Waals surface area contributed by atoms with Crippen LogP contribution in [0, 0.1) is 5.92 Å². The number of rotatable bonds is 8. The molecule has 0 bridgehead atoms. The Bertz CT molecular complexity index is 1310. The van der Waals surface area contributed by atoms with Crippen LogP contribution in [-0.2, 0) is 13.1 Å². The van der Waals surface area contributed by atoms with E-state index in [1.54, 1.807) is 16.9 Å². The van der Waals surface area contributed by atoms with E-state index in [9.17, 15) is 4.79 Å². The van der Waals surface area contributed by atoms with Crippen molar-refractivity contribution in [2.45, 2.75) is 45.2 Å². The molecule has 4 heterocycles. The molecule has 1 aromatic carbocycles. The number of carbonyl (C=O) groups is 1. The summed E-state index contributed by atoms with van der Waals surface area (Å²) in [5, 5.41) is 12.1. The van der Waals surface area contributed by atoms with Crippen molar-refractivity contribution in [1.82, 2.24) is 30.2 Å². The van der Waals surface area contributed by atoms with Crippen LogP contribution in [0.3, 0.4) is 0 Å². The number of aromatic nitrogens is 4. The van der Waals surface area contributed by atoms with Crippen LogP contribution < -0.4 is 15.5 Å². The average molecular weight is 458 g/mol. The lowest BCUT2D eigenvalue weighted by Gasteiger charge is -2.25. The fourth-order valence-electron chi connectivity index (χ4n) is 5.00. The summed E-state index contributed by atoms with van der Waals surface area (Å²) < 4.78 is 1.75. The van der Waals surface area contributed by atoms with Gasteiger partial charge < -0.3 is 20.5 Å². The van der Waals surface area contributed by atoms with E-state index in [0.717, 1.165) is 67.4 Å². The topological polar surface area (TPSA) is 90.3 Å². The minimum atomic E-state index is -0.190. The van der Waals surface area contributed by atoms with Gasteiger partial charge in [0, 0.05) is 37.4 Å². The number of carbonyl (C=O) groups excluding carboxylic acids is 1. The summed E-state index contributed by atoms with van der Waals surface area (Å²) in [6, 6.07) is 10.5. The van der Waals surface area contributed by atoms with Crippen LogP contribution in [0.15, 0.2) is 42.7 Å². The van der Waals surface area contributed by atoms with Crippen molar-refractivity contribution in [2.24, 2.45) is 5.92 Å². The van der Waals surface area contributed by atoms with Gasteiger partial charge in [-0.15, -0.1) is 0 Å². The van der Waals surface area contributed by atoms with Crippen LogP contribution in [0.1, 0.15) is 53.8 Å². The average Bonchev–Trinajstić information content (AvgIpc) is 3.58. The molecule has 3 N–H and O–H groups in total. The van der Waals surface area contributed by atoms with Gasteiger partial charge in [-0.3, -0.25) is 4.79 Å². The molecule has 0 atom stereocenters. The first-order chi connectivity index (χ1) is 16.7. The summed E-state index contributed by atoms with van der Waals surface area (Å²) in [7, 11) is 0. The zero-order chi connectivity index (χ0) is 22.9. The number of fused-ring (bicyclic) bond motifs is 2. The predicted octanol–water partition coefficient (Wildman–Crippen LogP) is 3.63. The van der Waals surface area contributed by atoms with Crippen molar-refractivity contribution in [3.8, 4) is 0 Å². The van der Waals surface area contributed by atoms with Crippen LogP contribution in [0.4, 0.5) is 5.82 Å². The third kappa shape index (κ3) is 4.25. The second-order valence-corrected chi connectivity index (χ2v) is 9.63. The smallest absolute Gasteiger partial charge is 0.271 e. The number of hydrogen-bond acceptors (Lipinski definition) is 5. The van der Waals surface area contributed by atoms with Gasteiger partial charge in [0.2, 0.25) is 0 Å². The fraction of sp³-hybridized carbons (Fsp3) is 0.423. The van der Waals surface area contributed by atoms with E-state index in [-0.39, 0.29) is 5.91 Å². The second-order valence-electron chi connectivity index (χ2n) is 9.63. The highest BCUT2D eigenvalue weighted by molar-refractivity contribution is 5.93. The van der Waals surface area contributed by atoms with E-state index in [4.69, 9.17) is 4.98 Å². The molecule has 1 saturated heterocycles. The Kier molecular flexibility index (Phi) is 5.66. The third-order valence-electron chi connectivity index (χ3n) is 7.18. The van der Waals surface area contributed by atoms with Gasteiger partial charge in [0.1, 0.15) is 11.2 Å². The molecular formula is C26H31N7O. The van der Waals surface area contributed by atoms with Gasteiger partial charge in [0.05, 0.1) is 12.4 Å². The molecule has 176 valence electrons. The maximum atomic E-state index is 13.0. The maximum absolute atomic E-state index is 13.0. The van der Waals surface area contributed by atoms with E-state index in [2.05, 4.69) is 49.9 Å². The van der Waals surface area contributed by atoms with E-state index in [1.165, 1.54) is 30.3 Å². The molecule has 1 amide bonds. The fourth-order valence-corrected chi connectivity index (χ4v) is 5.00. The minimum Gasteiger partial charge on any atom is -0.357 e. The first-order valence-corrected chi connectivity index (χ1v) is 12.4. The Hall–Kier alpha value is -3.39. The molecule has 3 aromatic heterocycles. The number of amides is 1. The molecule has 1 aliphatic heterocycles. The van der Waals surface area contributed by atoms with E-state index in [0.29, 0.717) is 12.2 Å². The van der Waals surface area contributed by atoms with Crippen molar-refractivity contribution >= 4 is 28.1 Å². The van der Waals surface area contributed by atoms with Crippen LogP contribution >= 0.6 is 0 Å². The molecule has 0 spiro atoms. The Morgan fingerprint density at radius 3 is 2.79 bits per heavy atom. The number of benzene rings is 1. The van der Waals surface area contributed by atoms with Crippen LogP contribution in [-0.4, -0.2) is 45.1 Å². The molecule has 6 rings (SSSR count). The zero-order valence-corrected chi connectivity index (χ0v) is 19.4. The van der Waals surface area contributed by atoms with Crippen LogP contribution in [0.5, 0.6) is 0 Å². The van der Waals surface area contributed by atoms with Crippen molar-refractivity contribution in [3.05, 3.63) is 59.7 Å². The quantitative estimate of drug-likeness (QED) is 0.376. The van der Waals surface area contributed by atoms with E-state index < -0.39 is 0 Å². The van der Waals surface area contributed by atoms with Gasteiger partial charge in [0.15, 0.2) is 5.82 Å². The molecule has 2 aliphatic rings.